The molecule has 0 fully saturated rings. The summed E-state index contributed by atoms with van der Waals surface area (Å²) < 4.78 is 31.7. The predicted octanol–water partition coefficient (Wildman–Crippen LogP) is 2.68. The molecule has 0 aliphatic heterocycles. The first-order valence-electron chi connectivity index (χ1n) is 4.86. The second-order valence-electron chi connectivity index (χ2n) is 3.41. The number of nitrogens with two attached hydrogens (primary N) is 1. The molecule has 0 heterocycles. The molecule has 0 amide bonds. The van der Waals surface area contributed by atoms with E-state index in [9.17, 15) is 8.78 Å². The van der Waals surface area contributed by atoms with Gasteiger partial charge in [0.2, 0.25) is 0 Å². The van der Waals surface area contributed by atoms with Gasteiger partial charge in [-0.25, -0.2) is 8.78 Å². The Morgan fingerprint density at radius 3 is 2.50 bits per heavy atom. The van der Waals surface area contributed by atoms with Crippen LogP contribution in [-0.4, -0.2) is 13.2 Å². The number of halogens is 3. The Labute approximate surface area is 100 Å². The highest BCUT2D eigenvalue weighted by molar-refractivity contribution is 5.85. The molecule has 16 heavy (non-hydrogen) atoms. The summed E-state index contributed by atoms with van der Waals surface area (Å²) in [4.78, 5) is 0. The Bertz CT molecular complexity index is 347. The van der Waals surface area contributed by atoms with Crippen LogP contribution in [0.15, 0.2) is 12.1 Å². The smallest absolute Gasteiger partial charge is 0.171 e. The Kier molecular flexibility index (Phi) is 6.29. The maximum absolute atomic E-state index is 13.6. The number of methoxy groups -OCH3 is 1. The van der Waals surface area contributed by atoms with Crippen molar-refractivity contribution < 1.29 is 13.5 Å². The summed E-state index contributed by atoms with van der Waals surface area (Å²) in [5, 5.41) is 0. The normalized spacial score (nSPS) is 11.8. The van der Waals surface area contributed by atoms with Crippen molar-refractivity contribution in [2.75, 3.05) is 7.11 Å². The zero-order valence-corrected chi connectivity index (χ0v) is 10.1. The first-order valence-corrected chi connectivity index (χ1v) is 4.86. The third-order valence-electron chi connectivity index (χ3n) is 2.36. The van der Waals surface area contributed by atoms with Gasteiger partial charge >= 0.3 is 0 Å². The van der Waals surface area contributed by atoms with Gasteiger partial charge in [0.15, 0.2) is 11.6 Å². The highest BCUT2D eigenvalue weighted by Crippen LogP contribution is 2.24. The molecule has 0 bridgehead atoms. The van der Waals surface area contributed by atoms with Crippen molar-refractivity contribution in [3.05, 3.63) is 29.3 Å². The molecule has 0 spiro atoms. The molecular weight excluding hydrogens is 236 g/mol. The summed E-state index contributed by atoms with van der Waals surface area (Å²) in [6.45, 7) is 1.88. The Morgan fingerprint density at radius 1 is 1.38 bits per heavy atom. The van der Waals surface area contributed by atoms with Crippen LogP contribution in [0.25, 0.3) is 0 Å². The number of benzene rings is 1. The van der Waals surface area contributed by atoms with E-state index in [1.165, 1.54) is 19.2 Å². The first kappa shape index (κ1) is 15.1. The minimum atomic E-state index is -0.651. The summed E-state index contributed by atoms with van der Waals surface area (Å²) >= 11 is 0. The minimum Gasteiger partial charge on any atom is -0.494 e. The van der Waals surface area contributed by atoms with Crippen molar-refractivity contribution in [1.29, 1.82) is 0 Å². The predicted molar refractivity (Wildman–Crippen MR) is 62.1 cm³/mol. The van der Waals surface area contributed by atoms with Crippen LogP contribution < -0.4 is 10.5 Å². The van der Waals surface area contributed by atoms with E-state index >= 15 is 0 Å². The number of hydrogen-bond acceptors (Lipinski definition) is 2. The number of hydrogen-bond donors (Lipinski definition) is 1. The molecule has 92 valence electrons. The molecule has 1 aromatic rings. The zero-order valence-electron chi connectivity index (χ0n) is 9.30. The van der Waals surface area contributed by atoms with Crippen LogP contribution in [0.1, 0.15) is 18.9 Å². The van der Waals surface area contributed by atoms with Crippen LogP contribution in [0.4, 0.5) is 8.78 Å². The maximum atomic E-state index is 13.6. The summed E-state index contributed by atoms with van der Waals surface area (Å²) in [6, 6.07) is 2.23. The van der Waals surface area contributed by atoms with Crippen LogP contribution in [0.3, 0.4) is 0 Å². The number of rotatable bonds is 4. The minimum absolute atomic E-state index is 0. The van der Waals surface area contributed by atoms with Crippen molar-refractivity contribution in [2.45, 2.75) is 25.8 Å². The first-order chi connectivity index (χ1) is 7.10. The van der Waals surface area contributed by atoms with Gasteiger partial charge < -0.3 is 10.5 Å². The van der Waals surface area contributed by atoms with E-state index in [2.05, 4.69) is 0 Å². The maximum Gasteiger partial charge on any atom is 0.171 e. The SMILES string of the molecule is CCC(N)Cc1c(F)ccc(OC)c1F.Cl. The molecule has 1 rings (SSSR count). The molecule has 5 heteroatoms. The summed E-state index contributed by atoms with van der Waals surface area (Å²) in [6.07, 6.45) is 0.863. The molecule has 0 aliphatic carbocycles. The summed E-state index contributed by atoms with van der Waals surface area (Å²) in [7, 11) is 1.35. The molecule has 0 radical (unpaired) electrons. The van der Waals surface area contributed by atoms with Gasteiger partial charge in [-0.3, -0.25) is 0 Å². The van der Waals surface area contributed by atoms with Crippen molar-refractivity contribution >= 4 is 12.4 Å². The average Bonchev–Trinajstić information content (AvgIpc) is 2.24. The van der Waals surface area contributed by atoms with Crippen LogP contribution in [0.5, 0.6) is 5.75 Å². The molecule has 0 saturated heterocycles. The third kappa shape index (κ3) is 3.32. The molecule has 2 N–H and O–H groups in total. The lowest BCUT2D eigenvalue weighted by Crippen LogP contribution is -2.22. The van der Waals surface area contributed by atoms with Gasteiger partial charge in [-0.15, -0.1) is 12.4 Å². The van der Waals surface area contributed by atoms with E-state index in [0.29, 0.717) is 6.42 Å². The van der Waals surface area contributed by atoms with Crippen molar-refractivity contribution in [3.8, 4) is 5.75 Å². The van der Waals surface area contributed by atoms with E-state index in [-0.39, 0.29) is 36.2 Å². The zero-order chi connectivity index (χ0) is 11.4. The third-order valence-corrected chi connectivity index (χ3v) is 2.36. The molecular formula is C11H16ClF2NO. The van der Waals surface area contributed by atoms with Crippen LogP contribution in [0, 0.1) is 11.6 Å². The Morgan fingerprint density at radius 2 is 2.00 bits per heavy atom. The second kappa shape index (κ2) is 6.66. The van der Waals surface area contributed by atoms with Gasteiger partial charge in [0, 0.05) is 11.6 Å². The van der Waals surface area contributed by atoms with Gasteiger partial charge in [0.05, 0.1) is 7.11 Å². The highest BCUT2D eigenvalue weighted by Gasteiger charge is 2.16. The molecule has 1 unspecified atom stereocenters. The second-order valence-corrected chi connectivity index (χ2v) is 3.41. The molecule has 1 aromatic carbocycles. The quantitative estimate of drug-likeness (QED) is 0.893. The Hall–Kier alpha value is -0.870. The summed E-state index contributed by atoms with van der Waals surface area (Å²) in [5.41, 5.74) is 5.66. The van der Waals surface area contributed by atoms with E-state index in [1.807, 2.05) is 6.92 Å². The van der Waals surface area contributed by atoms with Crippen molar-refractivity contribution in [1.82, 2.24) is 0 Å². The fourth-order valence-corrected chi connectivity index (χ4v) is 1.33. The van der Waals surface area contributed by atoms with E-state index in [1.54, 1.807) is 0 Å². The molecule has 2 nitrogen and oxygen atoms in total. The van der Waals surface area contributed by atoms with E-state index < -0.39 is 11.6 Å². The molecule has 0 aromatic heterocycles. The van der Waals surface area contributed by atoms with Gasteiger partial charge in [-0.05, 0) is 25.0 Å². The monoisotopic (exact) mass is 251 g/mol. The Balaban J connectivity index is 0.00000225. The fourth-order valence-electron chi connectivity index (χ4n) is 1.33. The van der Waals surface area contributed by atoms with Crippen molar-refractivity contribution in [2.24, 2.45) is 5.73 Å². The molecule has 1 atom stereocenters. The van der Waals surface area contributed by atoms with E-state index in [4.69, 9.17) is 10.5 Å². The average molecular weight is 252 g/mol. The lowest BCUT2D eigenvalue weighted by molar-refractivity contribution is 0.379. The van der Waals surface area contributed by atoms with Crippen molar-refractivity contribution in [3.63, 3.8) is 0 Å². The van der Waals surface area contributed by atoms with E-state index in [0.717, 1.165) is 0 Å². The lowest BCUT2D eigenvalue weighted by Gasteiger charge is -2.12. The number of ether oxygens (including phenoxy) is 1. The van der Waals surface area contributed by atoms with Crippen LogP contribution in [-0.2, 0) is 6.42 Å². The molecule has 0 saturated carbocycles. The van der Waals surface area contributed by atoms with Gasteiger partial charge in [0.25, 0.3) is 0 Å². The largest absolute Gasteiger partial charge is 0.494 e. The topological polar surface area (TPSA) is 35.2 Å². The van der Waals surface area contributed by atoms with Crippen LogP contribution >= 0.6 is 12.4 Å². The lowest BCUT2D eigenvalue weighted by atomic mass is 10.0. The molecule has 0 aliphatic rings. The summed E-state index contributed by atoms with van der Waals surface area (Å²) in [5.74, 6) is -1.17. The van der Waals surface area contributed by atoms with Gasteiger partial charge in [-0.2, -0.15) is 0 Å². The van der Waals surface area contributed by atoms with Crippen LogP contribution in [0.2, 0.25) is 0 Å². The van der Waals surface area contributed by atoms with Gasteiger partial charge in [0.1, 0.15) is 5.82 Å². The standard InChI is InChI=1S/C11H15F2NO.ClH/c1-3-7(14)6-8-9(12)4-5-10(15-2)11(8)13;/h4-5,7H,3,6,14H2,1-2H3;1H. The van der Waals surface area contributed by atoms with Gasteiger partial charge in [-0.1, -0.05) is 6.92 Å². The highest BCUT2D eigenvalue weighted by atomic mass is 35.5. The fraction of sp³-hybridized carbons (Fsp3) is 0.455.